The third kappa shape index (κ3) is 2.69. The predicted octanol–water partition coefficient (Wildman–Crippen LogP) is 3.40. The first-order valence-electron chi connectivity index (χ1n) is 7.05. The zero-order chi connectivity index (χ0) is 13.4. The zero-order valence-corrected chi connectivity index (χ0v) is 12.7. The number of hydrogen-bond donors (Lipinski definition) is 1. The number of amides is 1. The molecule has 2 aliphatic carbocycles. The summed E-state index contributed by atoms with van der Waals surface area (Å²) in [5.41, 5.74) is 0.629. The predicted molar refractivity (Wildman–Crippen MR) is 77.8 cm³/mol. The number of nitrogens with zero attached hydrogens (tertiary/aromatic N) is 1. The van der Waals surface area contributed by atoms with Gasteiger partial charge in [-0.1, -0.05) is 6.42 Å². The summed E-state index contributed by atoms with van der Waals surface area (Å²) in [6.07, 6.45) is 8.74. The van der Waals surface area contributed by atoms with Crippen LogP contribution in [-0.4, -0.2) is 16.9 Å². The van der Waals surface area contributed by atoms with Crippen LogP contribution in [-0.2, 0) is 0 Å². The number of fused-ring (bicyclic) bond motifs is 2. The van der Waals surface area contributed by atoms with E-state index in [0.29, 0.717) is 11.5 Å². The molecule has 0 unspecified atom stereocenters. The monoisotopic (exact) mass is 322 g/mol. The molecule has 3 rings (SSSR count). The lowest BCUT2D eigenvalue weighted by Crippen LogP contribution is -2.40. The van der Waals surface area contributed by atoms with Gasteiger partial charge in [-0.2, -0.15) is 0 Å². The van der Waals surface area contributed by atoms with Crippen LogP contribution in [0.4, 0.5) is 0 Å². The second-order valence-electron chi connectivity index (χ2n) is 5.99. The van der Waals surface area contributed by atoms with E-state index in [0.717, 1.165) is 16.3 Å². The smallest absolute Gasteiger partial charge is 0.253 e. The lowest BCUT2D eigenvalue weighted by atomic mass is 9.84. The van der Waals surface area contributed by atoms with Crippen LogP contribution in [0.5, 0.6) is 0 Å². The van der Waals surface area contributed by atoms with Gasteiger partial charge in [0, 0.05) is 22.9 Å². The number of carbonyl (C=O) groups excluding carboxylic acids is 1. The molecule has 2 bridgehead atoms. The van der Waals surface area contributed by atoms with Crippen molar-refractivity contribution >= 4 is 21.8 Å². The molecule has 1 heterocycles. The molecule has 1 aromatic rings. The molecule has 19 heavy (non-hydrogen) atoms. The Kier molecular flexibility index (Phi) is 3.61. The maximum atomic E-state index is 12.2. The highest BCUT2D eigenvalue weighted by atomic mass is 79.9. The van der Waals surface area contributed by atoms with Gasteiger partial charge in [-0.05, 0) is 65.9 Å². The first-order chi connectivity index (χ1) is 9.13. The maximum absolute atomic E-state index is 12.2. The van der Waals surface area contributed by atoms with E-state index in [1.165, 1.54) is 25.7 Å². The minimum atomic E-state index is -0.0101. The normalized spacial score (nSPS) is 30.3. The molecule has 2 aliphatic rings. The number of hydrogen-bond acceptors (Lipinski definition) is 2. The SMILES string of the molecule is C[C@@H](NC(=O)c1cncc(Br)c1)[C@@H]1C[C@@H]2CC[C@@H]1C2. The maximum Gasteiger partial charge on any atom is 0.253 e. The van der Waals surface area contributed by atoms with E-state index in [1.807, 2.05) is 6.07 Å². The van der Waals surface area contributed by atoms with Crippen LogP contribution >= 0.6 is 15.9 Å². The van der Waals surface area contributed by atoms with Gasteiger partial charge in [0.1, 0.15) is 0 Å². The lowest BCUT2D eigenvalue weighted by molar-refractivity contribution is 0.0915. The molecule has 1 amide bonds. The Balaban J connectivity index is 1.63. The van der Waals surface area contributed by atoms with Crippen molar-refractivity contribution in [3.63, 3.8) is 0 Å². The third-order valence-electron chi connectivity index (χ3n) is 4.76. The van der Waals surface area contributed by atoms with E-state index in [4.69, 9.17) is 0 Å². The van der Waals surface area contributed by atoms with Crippen molar-refractivity contribution < 1.29 is 4.79 Å². The van der Waals surface area contributed by atoms with Gasteiger partial charge < -0.3 is 5.32 Å². The van der Waals surface area contributed by atoms with Crippen molar-refractivity contribution in [3.8, 4) is 0 Å². The minimum absolute atomic E-state index is 0.0101. The fraction of sp³-hybridized carbons (Fsp3) is 0.600. The molecule has 4 atom stereocenters. The van der Waals surface area contributed by atoms with Crippen LogP contribution in [0.1, 0.15) is 43.0 Å². The van der Waals surface area contributed by atoms with Crippen molar-refractivity contribution in [2.24, 2.45) is 17.8 Å². The van der Waals surface area contributed by atoms with Crippen molar-refractivity contribution in [1.29, 1.82) is 0 Å². The van der Waals surface area contributed by atoms with E-state index in [9.17, 15) is 4.79 Å². The Labute approximate surface area is 122 Å². The average Bonchev–Trinajstić information content (AvgIpc) is 3.00. The summed E-state index contributed by atoms with van der Waals surface area (Å²) in [4.78, 5) is 16.2. The molecule has 1 N–H and O–H groups in total. The fourth-order valence-corrected chi connectivity index (χ4v) is 4.20. The van der Waals surface area contributed by atoms with Crippen molar-refractivity contribution in [3.05, 3.63) is 28.5 Å². The molecule has 0 spiro atoms. The first-order valence-corrected chi connectivity index (χ1v) is 7.84. The highest BCUT2D eigenvalue weighted by Crippen LogP contribution is 2.49. The molecule has 2 saturated carbocycles. The number of halogens is 1. The van der Waals surface area contributed by atoms with E-state index in [-0.39, 0.29) is 11.9 Å². The summed E-state index contributed by atoms with van der Waals surface area (Å²) in [5, 5.41) is 3.15. The molecule has 0 aromatic carbocycles. The average molecular weight is 323 g/mol. The highest BCUT2D eigenvalue weighted by Gasteiger charge is 2.42. The van der Waals surface area contributed by atoms with Crippen LogP contribution in [0, 0.1) is 17.8 Å². The van der Waals surface area contributed by atoms with Gasteiger partial charge in [0.2, 0.25) is 0 Å². The molecular formula is C15H19BrN2O. The summed E-state index contributed by atoms with van der Waals surface area (Å²) in [6, 6.07) is 2.08. The van der Waals surface area contributed by atoms with Gasteiger partial charge in [0.25, 0.3) is 5.91 Å². The number of carbonyl (C=O) groups is 1. The van der Waals surface area contributed by atoms with E-state index < -0.39 is 0 Å². The van der Waals surface area contributed by atoms with E-state index >= 15 is 0 Å². The van der Waals surface area contributed by atoms with Crippen LogP contribution in [0.3, 0.4) is 0 Å². The Morgan fingerprint density at radius 3 is 2.89 bits per heavy atom. The van der Waals surface area contributed by atoms with Crippen molar-refractivity contribution in [1.82, 2.24) is 10.3 Å². The Morgan fingerprint density at radius 1 is 1.42 bits per heavy atom. The molecule has 3 nitrogen and oxygen atoms in total. The molecular weight excluding hydrogens is 304 g/mol. The lowest BCUT2D eigenvalue weighted by Gasteiger charge is -2.28. The van der Waals surface area contributed by atoms with Gasteiger partial charge in [-0.25, -0.2) is 0 Å². The van der Waals surface area contributed by atoms with Crippen LogP contribution in [0.2, 0.25) is 0 Å². The Morgan fingerprint density at radius 2 is 2.26 bits per heavy atom. The van der Waals surface area contributed by atoms with Gasteiger partial charge in [-0.3, -0.25) is 9.78 Å². The Hall–Kier alpha value is -0.900. The number of pyridine rings is 1. The van der Waals surface area contributed by atoms with Gasteiger partial charge in [-0.15, -0.1) is 0 Å². The molecule has 0 radical (unpaired) electrons. The topological polar surface area (TPSA) is 42.0 Å². The van der Waals surface area contributed by atoms with Crippen LogP contribution in [0.15, 0.2) is 22.9 Å². The van der Waals surface area contributed by atoms with Crippen molar-refractivity contribution in [2.75, 3.05) is 0 Å². The summed E-state index contributed by atoms with van der Waals surface area (Å²) in [5.74, 6) is 2.41. The largest absolute Gasteiger partial charge is 0.349 e. The molecule has 2 fully saturated rings. The fourth-order valence-electron chi connectivity index (χ4n) is 3.84. The molecule has 102 valence electrons. The number of aromatic nitrogens is 1. The summed E-state index contributed by atoms with van der Waals surface area (Å²) in [6.45, 7) is 2.15. The second-order valence-corrected chi connectivity index (χ2v) is 6.91. The summed E-state index contributed by atoms with van der Waals surface area (Å²) < 4.78 is 0.840. The van der Waals surface area contributed by atoms with E-state index in [2.05, 4.69) is 33.2 Å². The van der Waals surface area contributed by atoms with Gasteiger partial charge >= 0.3 is 0 Å². The van der Waals surface area contributed by atoms with Gasteiger partial charge in [0.15, 0.2) is 0 Å². The Bertz CT molecular complexity index is 491. The third-order valence-corrected chi connectivity index (χ3v) is 5.19. The quantitative estimate of drug-likeness (QED) is 0.926. The number of nitrogens with one attached hydrogen (secondary N) is 1. The molecule has 4 heteroatoms. The second kappa shape index (κ2) is 5.23. The molecule has 0 aliphatic heterocycles. The van der Waals surface area contributed by atoms with Crippen molar-refractivity contribution in [2.45, 2.75) is 38.6 Å². The number of rotatable bonds is 3. The molecule has 0 saturated heterocycles. The van der Waals surface area contributed by atoms with E-state index in [1.54, 1.807) is 12.4 Å². The van der Waals surface area contributed by atoms with Gasteiger partial charge in [0.05, 0.1) is 5.56 Å². The van der Waals surface area contributed by atoms with Crippen LogP contribution < -0.4 is 5.32 Å². The molecule has 1 aromatic heterocycles. The summed E-state index contributed by atoms with van der Waals surface area (Å²) >= 11 is 3.35. The summed E-state index contributed by atoms with van der Waals surface area (Å²) in [7, 11) is 0. The standard InChI is InChI=1S/C15H19BrN2O/c1-9(14-5-10-2-3-11(14)4-10)18-15(19)12-6-13(16)8-17-7-12/h6-11,14H,2-5H2,1H3,(H,18,19)/t9-,10-,11-,14+/m1/s1. The van der Waals surface area contributed by atoms with Crippen LogP contribution in [0.25, 0.3) is 0 Å². The minimum Gasteiger partial charge on any atom is -0.349 e. The zero-order valence-electron chi connectivity index (χ0n) is 11.1. The first kappa shape index (κ1) is 13.1. The highest BCUT2D eigenvalue weighted by molar-refractivity contribution is 9.10.